The molecule has 1 saturated heterocycles. The lowest BCUT2D eigenvalue weighted by atomic mass is 9.98. The summed E-state index contributed by atoms with van der Waals surface area (Å²) in [5, 5.41) is 3.02. The molecule has 1 aliphatic rings. The molecule has 0 saturated carbocycles. The molecular weight excluding hydrogens is 244 g/mol. The average Bonchev–Trinajstić information content (AvgIpc) is 2.36. The van der Waals surface area contributed by atoms with Gasteiger partial charge in [-0.1, -0.05) is 6.07 Å². The summed E-state index contributed by atoms with van der Waals surface area (Å²) < 4.78 is 0. The monoisotopic (exact) mass is 264 g/mol. The molecule has 1 aliphatic heterocycles. The average molecular weight is 264 g/mol. The Kier molecular flexibility index (Phi) is 4.66. The van der Waals surface area contributed by atoms with Gasteiger partial charge in [-0.25, -0.2) is 0 Å². The van der Waals surface area contributed by atoms with Gasteiger partial charge in [0.15, 0.2) is 0 Å². The number of nitrogens with zero attached hydrogens (tertiary/aromatic N) is 1. The van der Waals surface area contributed by atoms with Gasteiger partial charge in [-0.15, -0.1) is 12.6 Å². The molecule has 0 radical (unpaired) electrons. The number of nitrogens with one attached hydrogen (secondary N) is 1. The van der Waals surface area contributed by atoms with Crippen molar-refractivity contribution in [3.63, 3.8) is 0 Å². The Bertz CT molecular complexity index is 422. The van der Waals surface area contributed by atoms with E-state index in [-0.39, 0.29) is 5.91 Å². The van der Waals surface area contributed by atoms with Crippen LogP contribution in [0.15, 0.2) is 29.2 Å². The minimum Gasteiger partial charge on any atom is -0.352 e. The van der Waals surface area contributed by atoms with E-state index in [1.54, 1.807) is 6.07 Å². The SMILES string of the molecule is CN1CCCC(CNC(=O)c2cccc(S)c2)C1. The molecule has 1 aromatic carbocycles. The maximum atomic E-state index is 12.0. The quantitative estimate of drug-likeness (QED) is 0.819. The summed E-state index contributed by atoms with van der Waals surface area (Å²) in [6.45, 7) is 3.01. The molecule has 2 rings (SSSR count). The predicted molar refractivity (Wildman–Crippen MR) is 76.2 cm³/mol. The molecule has 1 unspecified atom stereocenters. The van der Waals surface area contributed by atoms with Gasteiger partial charge in [0.25, 0.3) is 5.91 Å². The highest BCUT2D eigenvalue weighted by atomic mass is 32.1. The maximum Gasteiger partial charge on any atom is 0.251 e. The summed E-state index contributed by atoms with van der Waals surface area (Å²) in [4.78, 5) is 15.1. The number of amides is 1. The highest BCUT2D eigenvalue weighted by Gasteiger charge is 2.17. The lowest BCUT2D eigenvalue weighted by Crippen LogP contribution is -2.39. The molecule has 0 aliphatic carbocycles. The minimum atomic E-state index is -0.000809. The number of benzene rings is 1. The van der Waals surface area contributed by atoms with Crippen LogP contribution in [0, 0.1) is 5.92 Å². The van der Waals surface area contributed by atoms with Gasteiger partial charge in [-0.2, -0.15) is 0 Å². The van der Waals surface area contributed by atoms with Crippen molar-refractivity contribution in [2.24, 2.45) is 5.92 Å². The van der Waals surface area contributed by atoms with Crippen LogP contribution in [0.2, 0.25) is 0 Å². The normalized spacial score (nSPS) is 20.7. The summed E-state index contributed by atoms with van der Waals surface area (Å²) in [6.07, 6.45) is 2.43. The standard InChI is InChI=1S/C14H20N2OS/c1-16-7-3-4-11(10-16)9-15-14(17)12-5-2-6-13(18)8-12/h2,5-6,8,11,18H,3-4,7,9-10H2,1H3,(H,15,17). The molecule has 18 heavy (non-hydrogen) atoms. The summed E-state index contributed by atoms with van der Waals surface area (Å²) in [5.41, 5.74) is 0.687. The first-order valence-corrected chi connectivity index (χ1v) is 6.85. The number of piperidine rings is 1. The van der Waals surface area contributed by atoms with Crippen molar-refractivity contribution in [2.45, 2.75) is 17.7 Å². The first-order chi connectivity index (χ1) is 8.65. The third-order valence-corrected chi connectivity index (χ3v) is 3.66. The molecule has 0 spiro atoms. The molecule has 1 fully saturated rings. The molecule has 98 valence electrons. The predicted octanol–water partition coefficient (Wildman–Crippen LogP) is 2.05. The van der Waals surface area contributed by atoms with Crippen molar-refractivity contribution in [1.29, 1.82) is 0 Å². The first-order valence-electron chi connectivity index (χ1n) is 6.41. The van der Waals surface area contributed by atoms with Gasteiger partial charge in [-0.3, -0.25) is 4.79 Å². The van der Waals surface area contributed by atoms with Crippen LogP contribution in [0.5, 0.6) is 0 Å². The van der Waals surface area contributed by atoms with Crippen LogP contribution < -0.4 is 5.32 Å². The zero-order valence-electron chi connectivity index (χ0n) is 10.7. The first kappa shape index (κ1) is 13.4. The summed E-state index contributed by atoms with van der Waals surface area (Å²) in [7, 11) is 2.14. The molecule has 1 N–H and O–H groups in total. The Labute approximate surface area is 114 Å². The summed E-state index contributed by atoms with van der Waals surface area (Å²) in [5.74, 6) is 0.575. The second-order valence-corrected chi connectivity index (χ2v) is 5.55. The molecule has 0 bridgehead atoms. The van der Waals surface area contributed by atoms with Crippen LogP contribution in [0.25, 0.3) is 0 Å². The van der Waals surface area contributed by atoms with E-state index in [0.717, 1.165) is 18.0 Å². The van der Waals surface area contributed by atoms with Crippen molar-refractivity contribution in [2.75, 3.05) is 26.7 Å². The number of hydrogen-bond acceptors (Lipinski definition) is 3. The zero-order valence-corrected chi connectivity index (χ0v) is 11.6. The number of likely N-dealkylation sites (tertiary alicyclic amines) is 1. The summed E-state index contributed by atoms with van der Waals surface area (Å²) in [6, 6.07) is 7.34. The molecule has 3 nitrogen and oxygen atoms in total. The second kappa shape index (κ2) is 6.25. The van der Waals surface area contributed by atoms with Gasteiger partial charge in [0.05, 0.1) is 0 Å². The number of carbonyl (C=O) groups excluding carboxylic acids is 1. The Hall–Kier alpha value is -1.00. The maximum absolute atomic E-state index is 12.0. The molecular formula is C14H20N2OS. The van der Waals surface area contributed by atoms with Crippen molar-refractivity contribution in [3.05, 3.63) is 29.8 Å². The second-order valence-electron chi connectivity index (χ2n) is 5.03. The van der Waals surface area contributed by atoms with Crippen molar-refractivity contribution < 1.29 is 4.79 Å². The molecule has 1 heterocycles. The topological polar surface area (TPSA) is 32.3 Å². The van der Waals surface area contributed by atoms with Crippen molar-refractivity contribution in [1.82, 2.24) is 10.2 Å². The highest BCUT2D eigenvalue weighted by Crippen LogP contribution is 2.14. The van der Waals surface area contributed by atoms with Gasteiger partial charge >= 0.3 is 0 Å². The van der Waals surface area contributed by atoms with E-state index in [1.807, 2.05) is 18.2 Å². The van der Waals surface area contributed by atoms with Crippen LogP contribution in [-0.4, -0.2) is 37.5 Å². The third kappa shape index (κ3) is 3.75. The third-order valence-electron chi connectivity index (χ3n) is 3.38. The molecule has 1 aromatic rings. The van der Waals surface area contributed by atoms with Crippen LogP contribution in [-0.2, 0) is 0 Å². The van der Waals surface area contributed by atoms with Gasteiger partial charge in [0.2, 0.25) is 0 Å². The number of rotatable bonds is 3. The van der Waals surface area contributed by atoms with Gasteiger partial charge in [0, 0.05) is 23.5 Å². The van der Waals surface area contributed by atoms with Crippen LogP contribution >= 0.6 is 12.6 Å². The van der Waals surface area contributed by atoms with Crippen molar-refractivity contribution in [3.8, 4) is 0 Å². The van der Waals surface area contributed by atoms with E-state index in [2.05, 4.69) is 29.9 Å². The fourth-order valence-electron chi connectivity index (χ4n) is 2.43. The van der Waals surface area contributed by atoms with E-state index in [9.17, 15) is 4.79 Å². The molecule has 1 atom stereocenters. The summed E-state index contributed by atoms with van der Waals surface area (Å²) >= 11 is 4.24. The van der Waals surface area contributed by atoms with E-state index in [4.69, 9.17) is 0 Å². The largest absolute Gasteiger partial charge is 0.352 e. The van der Waals surface area contributed by atoms with Crippen molar-refractivity contribution >= 4 is 18.5 Å². The minimum absolute atomic E-state index is 0.000809. The molecule has 0 aromatic heterocycles. The van der Waals surface area contributed by atoms with E-state index < -0.39 is 0 Å². The zero-order chi connectivity index (χ0) is 13.0. The van der Waals surface area contributed by atoms with E-state index in [1.165, 1.54) is 19.4 Å². The van der Waals surface area contributed by atoms with Crippen LogP contribution in [0.4, 0.5) is 0 Å². The smallest absolute Gasteiger partial charge is 0.251 e. The lowest BCUT2D eigenvalue weighted by molar-refractivity contribution is 0.0936. The van der Waals surface area contributed by atoms with Gasteiger partial charge < -0.3 is 10.2 Å². The van der Waals surface area contributed by atoms with Crippen LogP contribution in [0.3, 0.4) is 0 Å². The molecule has 1 amide bonds. The Morgan fingerprint density at radius 3 is 3.11 bits per heavy atom. The number of hydrogen-bond donors (Lipinski definition) is 2. The fraction of sp³-hybridized carbons (Fsp3) is 0.500. The Balaban J connectivity index is 1.84. The fourth-order valence-corrected chi connectivity index (χ4v) is 2.65. The van der Waals surface area contributed by atoms with Gasteiger partial charge in [-0.05, 0) is 50.6 Å². The van der Waals surface area contributed by atoms with Crippen LogP contribution in [0.1, 0.15) is 23.2 Å². The lowest BCUT2D eigenvalue weighted by Gasteiger charge is -2.29. The Morgan fingerprint density at radius 2 is 2.39 bits per heavy atom. The van der Waals surface area contributed by atoms with Gasteiger partial charge in [0.1, 0.15) is 0 Å². The highest BCUT2D eigenvalue weighted by molar-refractivity contribution is 7.80. The molecule has 4 heteroatoms. The number of thiol groups is 1. The van der Waals surface area contributed by atoms with E-state index in [0.29, 0.717) is 11.5 Å². The number of carbonyl (C=O) groups is 1. The van der Waals surface area contributed by atoms with E-state index >= 15 is 0 Å². The Morgan fingerprint density at radius 1 is 1.56 bits per heavy atom.